The van der Waals surface area contributed by atoms with E-state index in [1.165, 1.54) is 21.8 Å². The first-order valence-electron chi connectivity index (χ1n) is 13.0. The lowest BCUT2D eigenvalue weighted by atomic mass is 10.1. The number of aliphatic hydroxyl groups is 3. The average molecular weight is 590 g/mol. The maximum Gasteiger partial charge on any atom is 0.256 e. The number of hydrogen-bond donors (Lipinski definition) is 5. The van der Waals surface area contributed by atoms with Crippen LogP contribution in [-0.2, 0) is 21.3 Å². The van der Waals surface area contributed by atoms with Gasteiger partial charge in [-0.3, -0.25) is 4.57 Å². The van der Waals surface area contributed by atoms with E-state index < -0.39 is 47.0 Å². The van der Waals surface area contributed by atoms with Crippen molar-refractivity contribution in [2.75, 3.05) is 11.9 Å². The van der Waals surface area contributed by atoms with Gasteiger partial charge in [0.05, 0.1) is 36.3 Å². The summed E-state index contributed by atoms with van der Waals surface area (Å²) in [5.74, 6) is -0.0338. The van der Waals surface area contributed by atoms with Crippen LogP contribution in [0.25, 0.3) is 17.1 Å². The summed E-state index contributed by atoms with van der Waals surface area (Å²) >= 11 is 0. The standard InChI is InChI=1S/C24H28FN9O6S/c25-13-5-7-16(8-6-13)41(38,39)27-9-15-10-34(32-31-15)24-29-21(28-14-3-1-2-4-14)18-22(30-24)33(12-26-18)23-20(37)19(36)17(11-35)40-23/h5-8,10,12,14,17,19-20,23,27,35-37H,1-4,9,11H2,(H,28,29,30). The molecule has 0 radical (unpaired) electrons. The molecule has 218 valence electrons. The predicted molar refractivity (Wildman–Crippen MR) is 140 cm³/mol. The van der Waals surface area contributed by atoms with Crippen molar-refractivity contribution in [2.24, 2.45) is 0 Å². The van der Waals surface area contributed by atoms with Crippen molar-refractivity contribution < 1.29 is 32.9 Å². The zero-order valence-electron chi connectivity index (χ0n) is 21.6. The van der Waals surface area contributed by atoms with Gasteiger partial charge in [0.2, 0.25) is 10.0 Å². The van der Waals surface area contributed by atoms with Crippen LogP contribution in [0.4, 0.5) is 10.2 Å². The molecule has 5 N–H and O–H groups in total. The Kier molecular flexibility index (Phi) is 7.39. The van der Waals surface area contributed by atoms with E-state index in [-0.39, 0.29) is 34.8 Å². The van der Waals surface area contributed by atoms with E-state index >= 15 is 0 Å². The summed E-state index contributed by atoms with van der Waals surface area (Å²) in [5, 5.41) is 41.9. The summed E-state index contributed by atoms with van der Waals surface area (Å²) in [4.78, 5) is 13.5. The number of rotatable bonds is 9. The second kappa shape index (κ2) is 11.0. The van der Waals surface area contributed by atoms with E-state index in [0.29, 0.717) is 11.3 Å². The van der Waals surface area contributed by atoms with E-state index in [4.69, 9.17) is 4.74 Å². The monoisotopic (exact) mass is 589 g/mol. The van der Waals surface area contributed by atoms with Crippen LogP contribution in [0.3, 0.4) is 0 Å². The Hall–Kier alpha value is -3.61. The molecule has 4 unspecified atom stereocenters. The van der Waals surface area contributed by atoms with Crippen LogP contribution in [0.15, 0.2) is 41.7 Å². The lowest BCUT2D eigenvalue weighted by Crippen LogP contribution is -2.33. The highest BCUT2D eigenvalue weighted by molar-refractivity contribution is 7.89. The van der Waals surface area contributed by atoms with Crippen LogP contribution in [0.1, 0.15) is 37.6 Å². The number of aromatic nitrogens is 7. The molecule has 0 amide bonds. The van der Waals surface area contributed by atoms with Gasteiger partial charge in [0, 0.05) is 6.04 Å². The Labute approximate surface area is 233 Å². The second-order valence-corrected chi connectivity index (χ2v) is 11.8. The molecular formula is C24H28FN9O6S. The summed E-state index contributed by atoms with van der Waals surface area (Å²) in [7, 11) is -3.93. The van der Waals surface area contributed by atoms with Crippen LogP contribution < -0.4 is 10.0 Å². The minimum atomic E-state index is -3.93. The Balaban J connectivity index is 1.31. The molecule has 4 atom stereocenters. The molecule has 1 saturated carbocycles. The number of aliphatic hydroxyl groups excluding tert-OH is 3. The largest absolute Gasteiger partial charge is 0.394 e. The van der Waals surface area contributed by atoms with Gasteiger partial charge in [-0.2, -0.15) is 14.6 Å². The highest BCUT2D eigenvalue weighted by Gasteiger charge is 2.44. The van der Waals surface area contributed by atoms with Crippen LogP contribution in [-0.4, -0.2) is 89.2 Å². The number of nitrogens with one attached hydrogen (secondary N) is 2. The lowest BCUT2D eigenvalue weighted by molar-refractivity contribution is -0.0511. The number of benzene rings is 1. The highest BCUT2D eigenvalue weighted by Crippen LogP contribution is 2.33. The van der Waals surface area contributed by atoms with Crippen molar-refractivity contribution in [2.45, 2.75) is 67.7 Å². The topological polar surface area (TPSA) is 202 Å². The number of halogens is 1. The molecule has 2 aliphatic rings. The van der Waals surface area contributed by atoms with E-state index in [0.717, 1.165) is 49.9 Å². The summed E-state index contributed by atoms with van der Waals surface area (Å²) in [6.07, 6.45) is 2.24. The number of sulfonamides is 1. The molecule has 15 nitrogen and oxygen atoms in total. The molecule has 3 aromatic heterocycles. The Morgan fingerprint density at radius 2 is 1.85 bits per heavy atom. The first-order chi connectivity index (χ1) is 19.7. The third kappa shape index (κ3) is 5.39. The van der Waals surface area contributed by atoms with Crippen LogP contribution >= 0.6 is 0 Å². The number of hydrogen-bond acceptors (Lipinski definition) is 12. The molecule has 0 bridgehead atoms. The van der Waals surface area contributed by atoms with Gasteiger partial charge < -0.3 is 25.4 Å². The minimum absolute atomic E-state index is 0.0895. The summed E-state index contributed by atoms with van der Waals surface area (Å²) in [6, 6.07) is 4.60. The van der Waals surface area contributed by atoms with Crippen LogP contribution in [0.2, 0.25) is 0 Å². The lowest BCUT2D eigenvalue weighted by Gasteiger charge is -2.17. The third-order valence-electron chi connectivity index (χ3n) is 7.21. The van der Waals surface area contributed by atoms with E-state index in [2.05, 4.69) is 35.3 Å². The van der Waals surface area contributed by atoms with Gasteiger partial charge in [0.1, 0.15) is 24.1 Å². The molecule has 6 rings (SSSR count). The Morgan fingerprint density at radius 3 is 2.56 bits per heavy atom. The first kappa shape index (κ1) is 27.6. The number of anilines is 1. The fourth-order valence-electron chi connectivity index (χ4n) is 5.01. The van der Waals surface area contributed by atoms with E-state index in [9.17, 15) is 28.1 Å². The molecule has 4 heterocycles. The number of fused-ring (bicyclic) bond motifs is 1. The summed E-state index contributed by atoms with van der Waals surface area (Å²) < 4.78 is 49.2. The Morgan fingerprint density at radius 1 is 1.10 bits per heavy atom. The molecule has 41 heavy (non-hydrogen) atoms. The smallest absolute Gasteiger partial charge is 0.256 e. The third-order valence-corrected chi connectivity index (χ3v) is 8.63. The Bertz CT molecular complexity index is 1640. The number of nitrogens with zero attached hydrogens (tertiary/aromatic N) is 7. The molecular weight excluding hydrogens is 561 g/mol. The predicted octanol–water partition coefficient (Wildman–Crippen LogP) is -0.00940. The van der Waals surface area contributed by atoms with E-state index in [1.807, 2.05) is 0 Å². The zero-order valence-corrected chi connectivity index (χ0v) is 22.4. The summed E-state index contributed by atoms with van der Waals surface area (Å²) in [5.41, 5.74) is 0.951. The van der Waals surface area contributed by atoms with Crippen molar-refractivity contribution in [3.63, 3.8) is 0 Å². The fourth-order valence-corrected chi connectivity index (χ4v) is 6.01. The normalized spacial score (nSPS) is 23.5. The quantitative estimate of drug-likeness (QED) is 0.175. The fraction of sp³-hybridized carbons (Fsp3) is 0.458. The summed E-state index contributed by atoms with van der Waals surface area (Å²) in [6.45, 7) is -0.682. The molecule has 1 saturated heterocycles. The van der Waals surface area contributed by atoms with Crippen molar-refractivity contribution >= 4 is 27.0 Å². The van der Waals surface area contributed by atoms with Crippen molar-refractivity contribution in [1.29, 1.82) is 0 Å². The molecule has 4 aromatic rings. The molecule has 17 heteroatoms. The maximum atomic E-state index is 13.2. The molecule has 0 spiro atoms. The van der Waals surface area contributed by atoms with Gasteiger partial charge in [0.25, 0.3) is 5.95 Å². The van der Waals surface area contributed by atoms with Gasteiger partial charge in [-0.15, -0.1) is 5.10 Å². The van der Waals surface area contributed by atoms with E-state index in [1.54, 1.807) is 0 Å². The zero-order chi connectivity index (χ0) is 28.7. The van der Waals surface area contributed by atoms with Crippen molar-refractivity contribution in [3.05, 3.63) is 48.3 Å². The van der Waals surface area contributed by atoms with Gasteiger partial charge in [-0.25, -0.2) is 22.5 Å². The molecule has 1 aromatic carbocycles. The van der Waals surface area contributed by atoms with Crippen molar-refractivity contribution in [1.82, 2.24) is 39.2 Å². The van der Waals surface area contributed by atoms with Crippen LogP contribution in [0.5, 0.6) is 0 Å². The number of imidazole rings is 1. The highest BCUT2D eigenvalue weighted by atomic mass is 32.2. The first-order valence-corrected chi connectivity index (χ1v) is 14.5. The van der Waals surface area contributed by atoms with Crippen molar-refractivity contribution in [3.8, 4) is 5.95 Å². The molecule has 2 fully saturated rings. The van der Waals surface area contributed by atoms with Crippen LogP contribution in [0, 0.1) is 5.82 Å². The molecule has 1 aliphatic carbocycles. The average Bonchev–Trinajstić information content (AvgIpc) is 3.76. The minimum Gasteiger partial charge on any atom is -0.394 e. The number of ether oxygens (including phenoxy) is 1. The van der Waals surface area contributed by atoms with Gasteiger partial charge in [0.15, 0.2) is 23.2 Å². The van der Waals surface area contributed by atoms with Gasteiger partial charge in [-0.1, -0.05) is 18.1 Å². The van der Waals surface area contributed by atoms with Gasteiger partial charge in [-0.05, 0) is 37.1 Å². The van der Waals surface area contributed by atoms with Gasteiger partial charge >= 0.3 is 0 Å². The maximum absolute atomic E-state index is 13.2. The molecule has 1 aliphatic heterocycles. The second-order valence-electron chi connectivity index (χ2n) is 9.98. The SMILES string of the molecule is O=S(=O)(NCc1cn(-c2nc(NC3CCCC3)c3ncn(C4OC(CO)C(O)C4O)c3n2)nn1)c1ccc(F)cc1.